The second kappa shape index (κ2) is 7.87. The van der Waals surface area contributed by atoms with Crippen molar-refractivity contribution in [1.29, 1.82) is 0 Å². The third-order valence-corrected chi connectivity index (χ3v) is 2.55. The Labute approximate surface area is 110 Å². The zero-order chi connectivity index (χ0) is 13.4. The van der Waals surface area contributed by atoms with Crippen molar-refractivity contribution in [2.75, 3.05) is 38.7 Å². The molecule has 1 rings (SSSR count). The highest BCUT2D eigenvalue weighted by Gasteiger charge is 2.09. The molecule has 1 atom stereocenters. The molecule has 0 aliphatic carbocycles. The predicted molar refractivity (Wildman–Crippen MR) is 74.2 cm³/mol. The number of ether oxygens (including phenoxy) is 1. The van der Waals surface area contributed by atoms with E-state index in [9.17, 15) is 0 Å². The van der Waals surface area contributed by atoms with E-state index in [1.807, 2.05) is 14.1 Å². The molecule has 102 valence electrons. The Morgan fingerprint density at radius 2 is 2.28 bits per heavy atom. The lowest BCUT2D eigenvalue weighted by Crippen LogP contribution is -2.30. The number of aromatic nitrogens is 2. The highest BCUT2D eigenvalue weighted by molar-refractivity contribution is 5.30. The van der Waals surface area contributed by atoms with Gasteiger partial charge in [-0.05, 0) is 25.9 Å². The maximum atomic E-state index is 5.51. The molecule has 1 heterocycles. The summed E-state index contributed by atoms with van der Waals surface area (Å²) in [6.45, 7) is 6.86. The summed E-state index contributed by atoms with van der Waals surface area (Å²) in [7, 11) is 3.97. The first-order valence-corrected chi connectivity index (χ1v) is 6.49. The van der Waals surface area contributed by atoms with Crippen LogP contribution in [0.4, 0.5) is 5.95 Å². The molecular formula is C13H24N4O. The molecule has 0 aromatic carbocycles. The molecule has 0 bridgehead atoms. The average Bonchev–Trinajstić information content (AvgIpc) is 2.37. The largest absolute Gasteiger partial charge is 0.478 e. The molecular weight excluding hydrogens is 228 g/mol. The van der Waals surface area contributed by atoms with Gasteiger partial charge in [0, 0.05) is 25.9 Å². The molecule has 1 N–H and O–H groups in total. The highest BCUT2D eigenvalue weighted by atomic mass is 16.5. The van der Waals surface area contributed by atoms with Crippen molar-refractivity contribution in [3.05, 3.63) is 12.3 Å². The zero-order valence-electron chi connectivity index (χ0n) is 11.8. The maximum absolute atomic E-state index is 5.51. The summed E-state index contributed by atoms with van der Waals surface area (Å²) in [5.41, 5.74) is 0. The SMILES string of the molecule is CCCOc1ccnc(N(C)CC(C)CNC)n1. The van der Waals surface area contributed by atoms with Gasteiger partial charge in [-0.15, -0.1) is 0 Å². The number of nitrogens with zero attached hydrogens (tertiary/aromatic N) is 3. The van der Waals surface area contributed by atoms with Crippen LogP contribution in [0.5, 0.6) is 5.88 Å². The summed E-state index contributed by atoms with van der Waals surface area (Å²) in [6, 6.07) is 1.80. The van der Waals surface area contributed by atoms with Crippen LogP contribution in [-0.2, 0) is 0 Å². The molecule has 0 aliphatic heterocycles. The van der Waals surface area contributed by atoms with Gasteiger partial charge in [-0.1, -0.05) is 13.8 Å². The van der Waals surface area contributed by atoms with E-state index in [1.54, 1.807) is 12.3 Å². The quantitative estimate of drug-likeness (QED) is 0.761. The fourth-order valence-electron chi connectivity index (χ4n) is 1.77. The van der Waals surface area contributed by atoms with Crippen molar-refractivity contribution >= 4 is 5.95 Å². The third-order valence-electron chi connectivity index (χ3n) is 2.55. The number of anilines is 1. The Kier molecular flexibility index (Phi) is 6.43. The molecule has 0 saturated heterocycles. The summed E-state index contributed by atoms with van der Waals surface area (Å²) in [5, 5.41) is 3.17. The third kappa shape index (κ3) is 4.87. The van der Waals surface area contributed by atoms with Gasteiger partial charge in [-0.25, -0.2) is 4.98 Å². The molecule has 0 spiro atoms. The topological polar surface area (TPSA) is 50.3 Å². The van der Waals surface area contributed by atoms with Crippen molar-refractivity contribution in [2.45, 2.75) is 20.3 Å². The van der Waals surface area contributed by atoms with E-state index in [1.165, 1.54) is 0 Å². The standard InChI is InChI=1S/C13H24N4O/c1-5-8-18-12-6-7-15-13(16-12)17(4)10-11(2)9-14-3/h6-7,11,14H,5,8-10H2,1-4H3. The van der Waals surface area contributed by atoms with Crippen molar-refractivity contribution in [1.82, 2.24) is 15.3 Å². The Hall–Kier alpha value is -1.36. The van der Waals surface area contributed by atoms with Gasteiger partial charge < -0.3 is 15.0 Å². The lowest BCUT2D eigenvalue weighted by atomic mass is 10.2. The second-order valence-electron chi connectivity index (χ2n) is 4.59. The Bertz CT molecular complexity index is 346. The number of hydrogen-bond acceptors (Lipinski definition) is 5. The Morgan fingerprint density at radius 3 is 2.94 bits per heavy atom. The Balaban J connectivity index is 2.58. The molecule has 5 nitrogen and oxygen atoms in total. The molecule has 1 aromatic heterocycles. The first kappa shape index (κ1) is 14.7. The molecule has 0 fully saturated rings. The fraction of sp³-hybridized carbons (Fsp3) is 0.692. The van der Waals surface area contributed by atoms with Crippen LogP contribution in [0.1, 0.15) is 20.3 Å². The van der Waals surface area contributed by atoms with E-state index in [2.05, 4.69) is 34.0 Å². The van der Waals surface area contributed by atoms with Gasteiger partial charge in [0.2, 0.25) is 11.8 Å². The Morgan fingerprint density at radius 1 is 1.50 bits per heavy atom. The lowest BCUT2D eigenvalue weighted by Gasteiger charge is -2.21. The summed E-state index contributed by atoms with van der Waals surface area (Å²) >= 11 is 0. The normalized spacial score (nSPS) is 12.2. The van der Waals surface area contributed by atoms with Crippen molar-refractivity contribution < 1.29 is 4.74 Å². The molecule has 0 saturated carbocycles. The molecule has 1 unspecified atom stereocenters. The van der Waals surface area contributed by atoms with Gasteiger partial charge in [0.05, 0.1) is 6.61 Å². The molecule has 5 heteroatoms. The smallest absolute Gasteiger partial charge is 0.228 e. The van der Waals surface area contributed by atoms with Gasteiger partial charge in [-0.2, -0.15) is 4.98 Å². The van der Waals surface area contributed by atoms with Crippen LogP contribution in [0.25, 0.3) is 0 Å². The lowest BCUT2D eigenvalue weighted by molar-refractivity contribution is 0.304. The summed E-state index contributed by atoms with van der Waals surface area (Å²) in [6.07, 6.45) is 2.72. The van der Waals surface area contributed by atoms with Gasteiger partial charge in [0.15, 0.2) is 0 Å². The van der Waals surface area contributed by atoms with E-state index in [4.69, 9.17) is 4.74 Å². The van der Waals surface area contributed by atoms with E-state index in [-0.39, 0.29) is 0 Å². The van der Waals surface area contributed by atoms with E-state index in [0.717, 1.165) is 19.5 Å². The summed E-state index contributed by atoms with van der Waals surface area (Å²) < 4.78 is 5.51. The van der Waals surface area contributed by atoms with Crippen LogP contribution in [-0.4, -0.2) is 43.8 Å². The minimum absolute atomic E-state index is 0.545. The second-order valence-corrected chi connectivity index (χ2v) is 4.59. The molecule has 18 heavy (non-hydrogen) atoms. The van der Waals surface area contributed by atoms with Crippen molar-refractivity contribution in [2.24, 2.45) is 5.92 Å². The number of nitrogens with one attached hydrogen (secondary N) is 1. The maximum Gasteiger partial charge on any atom is 0.228 e. The van der Waals surface area contributed by atoms with Crippen LogP contribution < -0.4 is 15.0 Å². The first-order chi connectivity index (χ1) is 8.67. The molecule has 0 radical (unpaired) electrons. The van der Waals surface area contributed by atoms with Crippen LogP contribution in [0.3, 0.4) is 0 Å². The van der Waals surface area contributed by atoms with Gasteiger partial charge in [-0.3, -0.25) is 0 Å². The van der Waals surface area contributed by atoms with Crippen LogP contribution in [0, 0.1) is 5.92 Å². The summed E-state index contributed by atoms with van der Waals surface area (Å²) in [4.78, 5) is 10.7. The average molecular weight is 252 g/mol. The van der Waals surface area contributed by atoms with Crippen LogP contribution >= 0.6 is 0 Å². The molecule has 0 aliphatic rings. The minimum Gasteiger partial charge on any atom is -0.478 e. The number of rotatable bonds is 8. The van der Waals surface area contributed by atoms with E-state index in [0.29, 0.717) is 24.4 Å². The molecule has 1 aromatic rings. The summed E-state index contributed by atoms with van der Waals surface area (Å²) in [5.74, 6) is 1.91. The predicted octanol–water partition coefficient (Wildman–Crippen LogP) is 1.56. The van der Waals surface area contributed by atoms with E-state index < -0.39 is 0 Å². The van der Waals surface area contributed by atoms with Crippen molar-refractivity contribution in [3.63, 3.8) is 0 Å². The van der Waals surface area contributed by atoms with Gasteiger partial charge in [0.25, 0.3) is 0 Å². The van der Waals surface area contributed by atoms with Crippen molar-refractivity contribution in [3.8, 4) is 5.88 Å². The monoisotopic (exact) mass is 252 g/mol. The van der Waals surface area contributed by atoms with Crippen LogP contribution in [0.15, 0.2) is 12.3 Å². The van der Waals surface area contributed by atoms with Crippen LogP contribution in [0.2, 0.25) is 0 Å². The van der Waals surface area contributed by atoms with Gasteiger partial charge in [0.1, 0.15) is 0 Å². The molecule has 0 amide bonds. The fourth-order valence-corrected chi connectivity index (χ4v) is 1.77. The van der Waals surface area contributed by atoms with Gasteiger partial charge >= 0.3 is 0 Å². The van der Waals surface area contributed by atoms with E-state index >= 15 is 0 Å². The number of hydrogen-bond donors (Lipinski definition) is 1. The highest BCUT2D eigenvalue weighted by Crippen LogP contribution is 2.12. The minimum atomic E-state index is 0.545. The zero-order valence-corrected chi connectivity index (χ0v) is 11.8. The first-order valence-electron chi connectivity index (χ1n) is 6.49.